The fourth-order valence-corrected chi connectivity index (χ4v) is 3.04. The average molecular weight is 470 g/mol. The number of nitrogens with two attached hydrogens (primary N) is 1. The van der Waals surface area contributed by atoms with E-state index in [1.807, 2.05) is 0 Å². The Balaban J connectivity index is 0.00000512. The van der Waals surface area contributed by atoms with Gasteiger partial charge in [-0.2, -0.15) is 0 Å². The first kappa shape index (κ1) is 26.4. The monoisotopic (exact) mass is 469 g/mol. The number of carboxylic acid groups (broad SMARTS) is 1. The zero-order chi connectivity index (χ0) is 23.1. The molecule has 32 heavy (non-hydrogen) atoms. The van der Waals surface area contributed by atoms with Crippen molar-refractivity contribution in [1.82, 2.24) is 15.1 Å². The van der Waals surface area contributed by atoms with Crippen molar-refractivity contribution in [3.8, 4) is 0 Å². The van der Waals surface area contributed by atoms with Gasteiger partial charge in [0.2, 0.25) is 11.8 Å². The molecular formula is C19H24ClN5O7. The molecule has 1 heterocycles. The molecule has 13 heteroatoms. The minimum Gasteiger partial charge on any atom is -0.481 e. The Bertz CT molecular complexity index is 906. The summed E-state index contributed by atoms with van der Waals surface area (Å²) in [5.74, 6) is -3.97. The van der Waals surface area contributed by atoms with Crippen LogP contribution in [0, 0.1) is 5.41 Å². The van der Waals surface area contributed by atoms with Gasteiger partial charge >= 0.3 is 11.9 Å². The number of esters is 1. The summed E-state index contributed by atoms with van der Waals surface area (Å²) in [6.45, 7) is -0.771. The van der Waals surface area contributed by atoms with Crippen LogP contribution in [0.15, 0.2) is 24.3 Å². The van der Waals surface area contributed by atoms with E-state index in [2.05, 4.69) is 10.1 Å². The predicted molar refractivity (Wildman–Crippen MR) is 113 cm³/mol. The lowest BCUT2D eigenvalue weighted by molar-refractivity contribution is -0.158. The normalized spacial score (nSPS) is 15.4. The molecule has 0 bridgehead atoms. The summed E-state index contributed by atoms with van der Waals surface area (Å²) < 4.78 is 4.52. The number of halogens is 1. The molecule has 3 amide bonds. The Kier molecular flexibility index (Phi) is 9.60. The van der Waals surface area contributed by atoms with Crippen molar-refractivity contribution in [2.24, 2.45) is 5.73 Å². The van der Waals surface area contributed by atoms with Crippen LogP contribution in [0.1, 0.15) is 22.3 Å². The van der Waals surface area contributed by atoms with Gasteiger partial charge in [-0.1, -0.05) is 12.1 Å². The van der Waals surface area contributed by atoms with Gasteiger partial charge in [0.05, 0.1) is 20.1 Å². The van der Waals surface area contributed by atoms with E-state index in [4.69, 9.17) is 16.2 Å². The molecule has 1 fully saturated rings. The van der Waals surface area contributed by atoms with Crippen molar-refractivity contribution in [1.29, 1.82) is 5.41 Å². The van der Waals surface area contributed by atoms with E-state index in [1.165, 1.54) is 24.3 Å². The number of aliphatic carboxylic acids is 1. The first-order chi connectivity index (χ1) is 14.6. The second-order valence-corrected chi connectivity index (χ2v) is 6.71. The van der Waals surface area contributed by atoms with Gasteiger partial charge in [-0.25, -0.2) is 0 Å². The number of carbonyl (C=O) groups is 5. The van der Waals surface area contributed by atoms with Crippen LogP contribution in [0.4, 0.5) is 0 Å². The number of rotatable bonds is 8. The Hall–Kier alpha value is -3.67. The highest BCUT2D eigenvalue weighted by atomic mass is 35.5. The van der Waals surface area contributed by atoms with Crippen LogP contribution in [-0.2, 0) is 23.9 Å². The van der Waals surface area contributed by atoms with E-state index < -0.39 is 48.7 Å². The van der Waals surface area contributed by atoms with E-state index in [9.17, 15) is 24.0 Å². The van der Waals surface area contributed by atoms with Crippen LogP contribution >= 0.6 is 12.4 Å². The number of hydrogen-bond acceptors (Lipinski definition) is 7. The number of amides is 3. The standard InChI is InChI=1S/C19H23N5O7.ClH/c1-31-16(28)10-23-6-7-24(13(19(23)30)8-15(26)27)14(25)9-22-18(29)12-4-2-11(3-5-12)17(20)21;/h2-5,13H,6-10H2,1H3,(H3,20,21)(H,22,29)(H,26,27);1H/t13-;/m0./s1. The molecule has 5 N–H and O–H groups in total. The molecule has 0 radical (unpaired) electrons. The number of amidine groups is 1. The SMILES string of the molecule is COC(=O)CN1CCN(C(=O)CNC(=O)c2ccc(C(=N)N)cc2)[C@@H](CC(=O)O)C1=O.Cl. The van der Waals surface area contributed by atoms with E-state index in [0.717, 1.165) is 16.9 Å². The smallest absolute Gasteiger partial charge is 0.325 e. The minimum atomic E-state index is -1.30. The second kappa shape index (κ2) is 11.6. The molecule has 0 aliphatic carbocycles. The van der Waals surface area contributed by atoms with Gasteiger partial charge in [-0.15, -0.1) is 12.4 Å². The number of benzene rings is 1. The lowest BCUT2D eigenvalue weighted by atomic mass is 10.1. The number of hydrogen-bond donors (Lipinski definition) is 4. The van der Waals surface area contributed by atoms with Gasteiger partial charge in [0, 0.05) is 24.2 Å². The maximum absolute atomic E-state index is 12.6. The maximum Gasteiger partial charge on any atom is 0.325 e. The predicted octanol–water partition coefficient (Wildman–Crippen LogP) is -1.19. The summed E-state index contributed by atoms with van der Waals surface area (Å²) >= 11 is 0. The Labute approximate surface area is 189 Å². The van der Waals surface area contributed by atoms with Gasteiger partial charge in [0.15, 0.2) is 0 Å². The molecule has 0 aromatic heterocycles. The number of nitrogens with one attached hydrogen (secondary N) is 2. The summed E-state index contributed by atoms with van der Waals surface area (Å²) in [5.41, 5.74) is 6.03. The Morgan fingerprint density at radius 2 is 1.78 bits per heavy atom. The van der Waals surface area contributed by atoms with E-state index in [0.29, 0.717) is 5.56 Å². The van der Waals surface area contributed by atoms with E-state index >= 15 is 0 Å². The molecule has 1 aromatic rings. The number of carboxylic acids is 1. The highest BCUT2D eigenvalue weighted by Crippen LogP contribution is 2.15. The summed E-state index contributed by atoms with van der Waals surface area (Å²) in [6, 6.07) is 4.57. The number of nitrogens with zero attached hydrogens (tertiary/aromatic N) is 2. The molecule has 0 spiro atoms. The van der Waals surface area contributed by atoms with Gasteiger partial charge in [0.25, 0.3) is 5.91 Å². The highest BCUT2D eigenvalue weighted by Gasteiger charge is 2.39. The summed E-state index contributed by atoms with van der Waals surface area (Å²) in [7, 11) is 1.16. The molecule has 1 saturated heterocycles. The fraction of sp³-hybridized carbons (Fsp3) is 0.368. The van der Waals surface area contributed by atoms with Crippen LogP contribution in [0.5, 0.6) is 0 Å². The zero-order valence-corrected chi connectivity index (χ0v) is 18.0. The zero-order valence-electron chi connectivity index (χ0n) is 17.2. The quantitative estimate of drug-likeness (QED) is 0.208. The molecule has 0 unspecified atom stereocenters. The van der Waals surface area contributed by atoms with E-state index in [1.54, 1.807) is 0 Å². The maximum atomic E-state index is 12.6. The minimum absolute atomic E-state index is 0. The lowest BCUT2D eigenvalue weighted by Gasteiger charge is -2.39. The number of methoxy groups -OCH3 is 1. The van der Waals surface area contributed by atoms with Gasteiger partial charge in [-0.05, 0) is 12.1 Å². The fourth-order valence-electron chi connectivity index (χ4n) is 3.04. The molecule has 2 rings (SSSR count). The van der Waals surface area contributed by atoms with Crippen molar-refractivity contribution in [2.45, 2.75) is 12.5 Å². The van der Waals surface area contributed by atoms with Crippen molar-refractivity contribution in [2.75, 3.05) is 33.3 Å². The molecular weight excluding hydrogens is 446 g/mol. The number of ether oxygens (including phenoxy) is 1. The van der Waals surface area contributed by atoms with Crippen molar-refractivity contribution >= 4 is 47.9 Å². The van der Waals surface area contributed by atoms with Crippen molar-refractivity contribution in [3.63, 3.8) is 0 Å². The van der Waals surface area contributed by atoms with E-state index in [-0.39, 0.29) is 43.4 Å². The molecule has 1 aliphatic heterocycles. The second-order valence-electron chi connectivity index (χ2n) is 6.71. The molecule has 1 atom stereocenters. The van der Waals surface area contributed by atoms with Crippen LogP contribution in [0.25, 0.3) is 0 Å². The largest absolute Gasteiger partial charge is 0.481 e. The summed E-state index contributed by atoms with van der Waals surface area (Å²) in [5, 5.41) is 18.9. The topological polar surface area (TPSA) is 183 Å². The Morgan fingerprint density at radius 1 is 1.19 bits per heavy atom. The molecule has 174 valence electrons. The number of piperazine rings is 1. The van der Waals surface area contributed by atoms with Crippen LogP contribution in [0.2, 0.25) is 0 Å². The van der Waals surface area contributed by atoms with Gasteiger partial charge in [0.1, 0.15) is 18.4 Å². The third-order valence-corrected chi connectivity index (χ3v) is 4.68. The third kappa shape index (κ3) is 6.67. The van der Waals surface area contributed by atoms with Crippen LogP contribution in [0.3, 0.4) is 0 Å². The lowest BCUT2D eigenvalue weighted by Crippen LogP contribution is -2.61. The summed E-state index contributed by atoms with van der Waals surface area (Å²) in [6.07, 6.45) is -0.636. The molecule has 1 aromatic carbocycles. The van der Waals surface area contributed by atoms with Crippen molar-refractivity contribution < 1.29 is 33.8 Å². The third-order valence-electron chi connectivity index (χ3n) is 4.68. The van der Waals surface area contributed by atoms with Crippen LogP contribution in [-0.4, -0.2) is 89.7 Å². The van der Waals surface area contributed by atoms with Gasteiger partial charge in [-0.3, -0.25) is 29.4 Å². The number of carbonyl (C=O) groups excluding carboxylic acids is 4. The molecule has 1 aliphatic rings. The first-order valence-electron chi connectivity index (χ1n) is 9.23. The van der Waals surface area contributed by atoms with Crippen molar-refractivity contribution in [3.05, 3.63) is 35.4 Å². The number of nitrogen functional groups attached to an aromatic ring is 1. The molecule has 0 saturated carbocycles. The summed E-state index contributed by atoms with van der Waals surface area (Å²) in [4.78, 5) is 62.4. The first-order valence-corrected chi connectivity index (χ1v) is 9.23. The average Bonchev–Trinajstić information content (AvgIpc) is 2.74. The molecule has 12 nitrogen and oxygen atoms in total. The Morgan fingerprint density at radius 3 is 2.31 bits per heavy atom. The van der Waals surface area contributed by atoms with Gasteiger partial charge < -0.3 is 30.7 Å². The highest BCUT2D eigenvalue weighted by molar-refractivity contribution is 6.00. The van der Waals surface area contributed by atoms with Crippen LogP contribution < -0.4 is 11.1 Å².